The van der Waals surface area contributed by atoms with Crippen LogP contribution in [-0.2, 0) is 19.1 Å². The number of nitrogens with zero attached hydrogens (tertiary/aromatic N) is 1. The molecule has 10 heteroatoms. The van der Waals surface area contributed by atoms with E-state index in [9.17, 15) is 19.2 Å². The van der Waals surface area contributed by atoms with E-state index in [4.69, 9.17) is 22.1 Å². The number of aryl methyl sites for hydroxylation is 3. The number of ether oxygens (including phenoxy) is 1. The number of amides is 4. The first kappa shape index (κ1) is 34.6. The average Bonchev–Trinajstić information content (AvgIpc) is 2.87. The van der Waals surface area contributed by atoms with Gasteiger partial charge in [-0.3, -0.25) is 14.4 Å². The molecule has 0 aliphatic heterocycles. The number of para-hydroxylation sites is 1. The minimum atomic E-state index is -1.34. The normalized spacial score (nSPS) is 12.7. The maximum atomic E-state index is 14.3. The second-order valence-corrected chi connectivity index (χ2v) is 12.1. The third kappa shape index (κ3) is 10.4. The van der Waals surface area contributed by atoms with Gasteiger partial charge in [-0.2, -0.15) is 0 Å². The minimum absolute atomic E-state index is 0.205. The Morgan fingerprint density at radius 1 is 1.00 bits per heavy atom. The van der Waals surface area contributed by atoms with Gasteiger partial charge in [0, 0.05) is 6.54 Å². The second kappa shape index (κ2) is 15.6. The van der Waals surface area contributed by atoms with E-state index in [-0.39, 0.29) is 6.54 Å². The number of rotatable bonds is 13. The van der Waals surface area contributed by atoms with Crippen molar-refractivity contribution in [2.45, 2.75) is 98.3 Å². The number of primary amides is 1. The van der Waals surface area contributed by atoms with Crippen molar-refractivity contribution in [2.24, 2.45) is 5.73 Å². The van der Waals surface area contributed by atoms with E-state index in [0.717, 1.165) is 36.0 Å². The number of alkyl carbamates (subject to hydrolysis) is 1. The molecule has 9 nitrogen and oxygen atoms in total. The molecule has 0 bridgehead atoms. The average molecular weight is 601 g/mol. The van der Waals surface area contributed by atoms with Gasteiger partial charge in [-0.25, -0.2) is 4.79 Å². The predicted molar refractivity (Wildman–Crippen MR) is 166 cm³/mol. The summed E-state index contributed by atoms with van der Waals surface area (Å²) in [6.07, 6.45) is 2.02. The summed E-state index contributed by atoms with van der Waals surface area (Å²) >= 11 is 6.45. The summed E-state index contributed by atoms with van der Waals surface area (Å²) in [5, 5.41) is 5.83. The van der Waals surface area contributed by atoms with Crippen LogP contribution < -0.4 is 16.4 Å². The highest BCUT2D eigenvalue weighted by Crippen LogP contribution is 2.31. The van der Waals surface area contributed by atoms with Crippen LogP contribution in [0.25, 0.3) is 0 Å². The largest absolute Gasteiger partial charge is 0.444 e. The first-order chi connectivity index (χ1) is 19.6. The van der Waals surface area contributed by atoms with Gasteiger partial charge in [-0.15, -0.1) is 0 Å². The maximum absolute atomic E-state index is 14.3. The molecule has 0 aliphatic rings. The lowest BCUT2D eigenvalue weighted by molar-refractivity contribution is -0.142. The quantitative estimate of drug-likeness (QED) is 0.238. The number of benzene rings is 2. The highest BCUT2D eigenvalue weighted by Gasteiger charge is 2.37. The Morgan fingerprint density at radius 3 is 2.29 bits per heavy atom. The Bertz CT molecular complexity index is 1250. The molecule has 42 heavy (non-hydrogen) atoms. The van der Waals surface area contributed by atoms with E-state index in [1.165, 1.54) is 4.90 Å². The van der Waals surface area contributed by atoms with Crippen molar-refractivity contribution < 1.29 is 23.9 Å². The highest BCUT2D eigenvalue weighted by molar-refractivity contribution is 6.34. The van der Waals surface area contributed by atoms with Crippen molar-refractivity contribution in [2.75, 3.05) is 11.9 Å². The first-order valence-electron chi connectivity index (χ1n) is 14.4. The van der Waals surface area contributed by atoms with E-state index in [1.807, 2.05) is 45.0 Å². The van der Waals surface area contributed by atoms with Gasteiger partial charge in [-0.05, 0) is 70.7 Å². The van der Waals surface area contributed by atoms with Crippen LogP contribution in [0.4, 0.5) is 10.5 Å². The van der Waals surface area contributed by atoms with Gasteiger partial charge >= 0.3 is 6.09 Å². The van der Waals surface area contributed by atoms with Crippen LogP contribution in [0.1, 0.15) is 88.1 Å². The summed E-state index contributed by atoms with van der Waals surface area (Å²) < 4.78 is 5.36. The lowest BCUT2D eigenvalue weighted by atomic mass is 9.95. The van der Waals surface area contributed by atoms with Crippen LogP contribution in [0.2, 0.25) is 5.02 Å². The summed E-state index contributed by atoms with van der Waals surface area (Å²) in [6.45, 7) is 13.0. The topological polar surface area (TPSA) is 131 Å². The Hall–Kier alpha value is -3.59. The number of hydrogen-bond acceptors (Lipinski definition) is 5. The molecule has 2 aromatic carbocycles. The van der Waals surface area contributed by atoms with Gasteiger partial charge < -0.3 is 26.0 Å². The van der Waals surface area contributed by atoms with Gasteiger partial charge in [0.05, 0.1) is 17.1 Å². The fourth-order valence-electron chi connectivity index (χ4n) is 4.61. The lowest BCUT2D eigenvalue weighted by Gasteiger charge is -2.35. The van der Waals surface area contributed by atoms with Crippen molar-refractivity contribution in [3.05, 3.63) is 63.7 Å². The molecule has 2 atom stereocenters. The Labute approximate surface area is 254 Å². The molecule has 2 rings (SSSR count). The molecule has 0 heterocycles. The molecule has 230 valence electrons. The molecule has 0 fully saturated rings. The predicted octanol–water partition coefficient (Wildman–Crippen LogP) is 6.12. The monoisotopic (exact) mass is 600 g/mol. The van der Waals surface area contributed by atoms with E-state index in [2.05, 4.69) is 17.6 Å². The Morgan fingerprint density at radius 2 is 1.69 bits per heavy atom. The van der Waals surface area contributed by atoms with Gasteiger partial charge in [0.2, 0.25) is 11.8 Å². The number of nitrogens with two attached hydrogens (primary N) is 1. The van der Waals surface area contributed by atoms with Crippen LogP contribution in [0, 0.1) is 20.8 Å². The third-order valence-corrected chi connectivity index (χ3v) is 7.00. The smallest absolute Gasteiger partial charge is 0.408 e. The van der Waals surface area contributed by atoms with Crippen LogP contribution in [0.15, 0.2) is 36.4 Å². The molecular formula is C32H45ClN4O5. The fourth-order valence-corrected chi connectivity index (χ4v) is 4.88. The Kier molecular flexibility index (Phi) is 12.8. The molecule has 0 aliphatic carbocycles. The molecule has 2 aromatic rings. The molecular weight excluding hydrogens is 556 g/mol. The fraction of sp³-hybridized carbons (Fsp3) is 0.500. The van der Waals surface area contributed by atoms with Crippen LogP contribution >= 0.6 is 11.6 Å². The van der Waals surface area contributed by atoms with Gasteiger partial charge in [0.25, 0.3) is 5.91 Å². The summed E-state index contributed by atoms with van der Waals surface area (Å²) in [4.78, 5) is 54.7. The zero-order valence-corrected chi connectivity index (χ0v) is 26.6. The molecule has 4 amide bonds. The zero-order valence-electron chi connectivity index (χ0n) is 25.8. The molecule has 0 spiro atoms. The van der Waals surface area contributed by atoms with E-state index in [1.54, 1.807) is 32.9 Å². The van der Waals surface area contributed by atoms with Gasteiger partial charge in [0.1, 0.15) is 17.7 Å². The number of carbonyl (C=O) groups is 4. The number of halogens is 1. The first-order valence-corrected chi connectivity index (χ1v) is 14.7. The van der Waals surface area contributed by atoms with E-state index in [0.29, 0.717) is 22.7 Å². The van der Waals surface area contributed by atoms with Gasteiger partial charge in [-0.1, -0.05) is 73.7 Å². The molecule has 0 aromatic heterocycles. The SMILES string of the molecule is CCCCCCN(C(=O)C(CC(N)=O)NC(=O)OC(C)(C)C)C(C(=O)Nc1c(C)cccc1Cl)c1cc(C)ccc1C. The van der Waals surface area contributed by atoms with Gasteiger partial charge in [0.15, 0.2) is 0 Å². The number of hydrogen-bond donors (Lipinski definition) is 3. The molecule has 0 radical (unpaired) electrons. The molecule has 0 saturated carbocycles. The summed E-state index contributed by atoms with van der Waals surface area (Å²) in [7, 11) is 0. The third-order valence-electron chi connectivity index (χ3n) is 6.69. The number of anilines is 1. The zero-order chi connectivity index (χ0) is 31.6. The van der Waals surface area contributed by atoms with Crippen LogP contribution in [-0.4, -0.2) is 46.9 Å². The summed E-state index contributed by atoms with van der Waals surface area (Å²) in [5.41, 5.74) is 8.20. The molecule has 0 saturated heterocycles. The van der Waals surface area contributed by atoms with Crippen molar-refractivity contribution >= 4 is 41.1 Å². The number of carbonyl (C=O) groups excluding carboxylic acids is 4. The summed E-state index contributed by atoms with van der Waals surface area (Å²) in [5.74, 6) is -1.87. The van der Waals surface area contributed by atoms with Crippen molar-refractivity contribution in [1.82, 2.24) is 10.2 Å². The van der Waals surface area contributed by atoms with E-state index < -0.39 is 47.9 Å². The highest BCUT2D eigenvalue weighted by atomic mass is 35.5. The van der Waals surface area contributed by atoms with Crippen molar-refractivity contribution in [3.63, 3.8) is 0 Å². The standard InChI is InChI=1S/C32H45ClN4O5/c1-8-9-10-11-17-37(30(40)25(19-26(34)38)35-31(41)42-32(5,6)7)28(23-18-20(2)15-16-21(23)3)29(39)36-27-22(4)13-12-14-24(27)33/h12-16,18,25,28H,8-11,17,19H2,1-7H3,(H2,34,38)(H,35,41)(H,36,39). The molecule has 4 N–H and O–H groups in total. The number of unbranched alkanes of at least 4 members (excludes halogenated alkanes) is 3. The maximum Gasteiger partial charge on any atom is 0.408 e. The van der Waals surface area contributed by atoms with Crippen LogP contribution in [0.3, 0.4) is 0 Å². The molecule has 2 unspecified atom stereocenters. The Balaban J connectivity index is 2.65. The lowest BCUT2D eigenvalue weighted by Crippen LogP contribution is -2.53. The van der Waals surface area contributed by atoms with E-state index >= 15 is 0 Å². The minimum Gasteiger partial charge on any atom is -0.444 e. The number of nitrogens with one attached hydrogen (secondary N) is 2. The van der Waals surface area contributed by atoms with Crippen molar-refractivity contribution in [3.8, 4) is 0 Å². The van der Waals surface area contributed by atoms with Crippen molar-refractivity contribution in [1.29, 1.82) is 0 Å². The van der Waals surface area contributed by atoms with Crippen LogP contribution in [0.5, 0.6) is 0 Å². The second-order valence-electron chi connectivity index (χ2n) is 11.6. The summed E-state index contributed by atoms with van der Waals surface area (Å²) in [6, 6.07) is 8.56.